The molecule has 22 heavy (non-hydrogen) atoms. The first-order valence-corrected chi connectivity index (χ1v) is 6.89. The minimum absolute atomic E-state index is 0.0758. The number of ether oxygens (including phenoxy) is 1. The Morgan fingerprint density at radius 1 is 1.32 bits per heavy atom. The Morgan fingerprint density at radius 2 is 2.09 bits per heavy atom. The standard InChI is InChI=1S/C16H18N2O4/c1-22-14-8-3-2-7-13(14)16(21)18-17-15(20)10-11-5-4-6-12(19)9-11/h2-4,6-9,11,19H,5,10H2,1H3,(H,17,20)(H,18,21). The van der Waals surface area contributed by atoms with Crippen LogP contribution in [0, 0.1) is 5.92 Å². The van der Waals surface area contributed by atoms with E-state index in [0.717, 1.165) is 0 Å². The molecule has 1 aromatic rings. The van der Waals surface area contributed by atoms with Crippen molar-refractivity contribution >= 4 is 11.8 Å². The van der Waals surface area contributed by atoms with Gasteiger partial charge in [-0.05, 0) is 36.6 Å². The van der Waals surface area contributed by atoms with Gasteiger partial charge in [0.1, 0.15) is 11.5 Å². The van der Waals surface area contributed by atoms with E-state index in [1.165, 1.54) is 7.11 Å². The number of hydrogen-bond donors (Lipinski definition) is 3. The van der Waals surface area contributed by atoms with Crippen molar-refractivity contribution in [3.63, 3.8) is 0 Å². The van der Waals surface area contributed by atoms with Gasteiger partial charge < -0.3 is 9.84 Å². The SMILES string of the molecule is COc1ccccc1C(=O)NNC(=O)CC1C=C(O)C=CC1. The monoisotopic (exact) mass is 302 g/mol. The van der Waals surface area contributed by atoms with Crippen LogP contribution in [0.1, 0.15) is 23.2 Å². The molecule has 1 atom stereocenters. The van der Waals surface area contributed by atoms with Gasteiger partial charge in [-0.2, -0.15) is 0 Å². The molecule has 0 saturated carbocycles. The van der Waals surface area contributed by atoms with E-state index in [1.54, 1.807) is 42.5 Å². The maximum absolute atomic E-state index is 12.0. The van der Waals surface area contributed by atoms with Crippen LogP contribution in [0.3, 0.4) is 0 Å². The van der Waals surface area contributed by atoms with Crippen molar-refractivity contribution in [2.75, 3.05) is 7.11 Å². The summed E-state index contributed by atoms with van der Waals surface area (Å²) in [5.41, 5.74) is 5.06. The van der Waals surface area contributed by atoms with Crippen LogP contribution in [0.4, 0.5) is 0 Å². The van der Waals surface area contributed by atoms with Gasteiger partial charge >= 0.3 is 0 Å². The lowest BCUT2D eigenvalue weighted by molar-refractivity contribution is -0.122. The van der Waals surface area contributed by atoms with Crippen molar-refractivity contribution in [1.82, 2.24) is 10.9 Å². The molecule has 0 radical (unpaired) electrons. The number of benzene rings is 1. The molecule has 3 N–H and O–H groups in total. The van der Waals surface area contributed by atoms with Crippen LogP contribution in [0.5, 0.6) is 5.75 Å². The first-order valence-electron chi connectivity index (χ1n) is 6.89. The minimum Gasteiger partial charge on any atom is -0.508 e. The number of hydrazine groups is 1. The van der Waals surface area contributed by atoms with Crippen LogP contribution < -0.4 is 15.6 Å². The molecule has 1 aliphatic carbocycles. The lowest BCUT2D eigenvalue weighted by atomic mass is 9.96. The number of methoxy groups -OCH3 is 1. The first kappa shape index (κ1) is 15.6. The average molecular weight is 302 g/mol. The summed E-state index contributed by atoms with van der Waals surface area (Å²) in [5, 5.41) is 9.38. The molecule has 1 unspecified atom stereocenters. The van der Waals surface area contributed by atoms with Crippen LogP contribution in [0.15, 0.2) is 48.3 Å². The normalized spacial score (nSPS) is 16.6. The number of carbonyl (C=O) groups is 2. The van der Waals surface area contributed by atoms with Crippen LogP contribution in [0.2, 0.25) is 0 Å². The predicted octanol–water partition coefficient (Wildman–Crippen LogP) is 1.86. The predicted molar refractivity (Wildman–Crippen MR) is 81.2 cm³/mol. The number of aliphatic hydroxyl groups is 1. The number of hydrogen-bond acceptors (Lipinski definition) is 4. The molecule has 6 nitrogen and oxygen atoms in total. The number of aliphatic hydroxyl groups excluding tert-OH is 1. The number of nitrogens with one attached hydrogen (secondary N) is 2. The Balaban J connectivity index is 1.86. The van der Waals surface area contributed by atoms with Crippen LogP contribution >= 0.6 is 0 Å². The molecule has 2 rings (SSSR count). The minimum atomic E-state index is -0.451. The molecule has 0 saturated heterocycles. The second-order valence-corrected chi connectivity index (χ2v) is 4.90. The summed E-state index contributed by atoms with van der Waals surface area (Å²) >= 11 is 0. The summed E-state index contributed by atoms with van der Waals surface area (Å²) in [6.45, 7) is 0. The van der Waals surface area contributed by atoms with E-state index in [2.05, 4.69) is 10.9 Å². The van der Waals surface area contributed by atoms with Crippen molar-refractivity contribution in [2.45, 2.75) is 12.8 Å². The Bertz CT molecular complexity index is 622. The molecule has 6 heteroatoms. The van der Waals surface area contributed by atoms with Crippen LogP contribution in [-0.2, 0) is 4.79 Å². The highest BCUT2D eigenvalue weighted by atomic mass is 16.5. The summed E-state index contributed by atoms with van der Waals surface area (Å²) in [4.78, 5) is 23.8. The Labute approximate surface area is 128 Å². The molecule has 0 heterocycles. The van der Waals surface area contributed by atoms with E-state index in [4.69, 9.17) is 4.74 Å². The summed E-state index contributed by atoms with van der Waals surface area (Å²) in [7, 11) is 1.47. The third kappa shape index (κ3) is 4.12. The largest absolute Gasteiger partial charge is 0.508 e. The average Bonchev–Trinajstić information content (AvgIpc) is 2.52. The highest BCUT2D eigenvalue weighted by Gasteiger charge is 2.16. The number of carbonyl (C=O) groups excluding carboxylic acids is 2. The van der Waals surface area contributed by atoms with Gasteiger partial charge in [0.15, 0.2) is 0 Å². The van der Waals surface area contributed by atoms with Crippen molar-refractivity contribution in [3.8, 4) is 5.75 Å². The van der Waals surface area contributed by atoms with Crippen LogP contribution in [0.25, 0.3) is 0 Å². The number of rotatable bonds is 4. The lowest BCUT2D eigenvalue weighted by Gasteiger charge is -2.14. The smallest absolute Gasteiger partial charge is 0.273 e. The summed E-state index contributed by atoms with van der Waals surface area (Å²) in [5.74, 6) is -0.268. The molecule has 0 aliphatic heterocycles. The molecule has 2 amide bonds. The van der Waals surface area contributed by atoms with Gasteiger partial charge in [-0.25, -0.2) is 0 Å². The quantitative estimate of drug-likeness (QED) is 0.741. The van der Waals surface area contributed by atoms with E-state index in [-0.39, 0.29) is 24.0 Å². The van der Waals surface area contributed by atoms with Gasteiger partial charge in [0.25, 0.3) is 5.91 Å². The number of allylic oxidation sites excluding steroid dienone is 3. The molecule has 116 valence electrons. The number of para-hydroxylation sites is 1. The fraction of sp³-hybridized carbons (Fsp3) is 0.250. The molecule has 1 aliphatic rings. The molecule has 0 aromatic heterocycles. The maximum atomic E-state index is 12.0. The fourth-order valence-electron chi connectivity index (χ4n) is 2.19. The van der Waals surface area contributed by atoms with E-state index < -0.39 is 5.91 Å². The maximum Gasteiger partial charge on any atom is 0.273 e. The highest BCUT2D eigenvalue weighted by molar-refractivity contribution is 5.97. The second kappa shape index (κ2) is 7.31. The third-order valence-corrected chi connectivity index (χ3v) is 3.25. The lowest BCUT2D eigenvalue weighted by Crippen LogP contribution is -2.42. The molecular weight excluding hydrogens is 284 g/mol. The Hall–Kier alpha value is -2.76. The molecule has 0 bridgehead atoms. The van der Waals surface area contributed by atoms with E-state index in [0.29, 0.717) is 17.7 Å². The Kier molecular flexibility index (Phi) is 5.19. The molecule has 0 fully saturated rings. The molecule has 0 spiro atoms. The zero-order chi connectivity index (χ0) is 15.9. The van der Waals surface area contributed by atoms with Gasteiger partial charge in [-0.1, -0.05) is 18.2 Å². The summed E-state index contributed by atoms with van der Waals surface area (Å²) in [6, 6.07) is 6.73. The van der Waals surface area contributed by atoms with Crippen molar-refractivity contribution in [1.29, 1.82) is 0 Å². The van der Waals surface area contributed by atoms with Crippen LogP contribution in [-0.4, -0.2) is 24.0 Å². The van der Waals surface area contributed by atoms with Gasteiger partial charge in [0, 0.05) is 6.42 Å². The summed E-state index contributed by atoms with van der Waals surface area (Å²) < 4.78 is 5.09. The number of amides is 2. The van der Waals surface area contributed by atoms with Gasteiger partial charge in [0.2, 0.25) is 5.91 Å². The van der Waals surface area contributed by atoms with E-state index in [9.17, 15) is 14.7 Å². The van der Waals surface area contributed by atoms with Gasteiger partial charge in [0.05, 0.1) is 12.7 Å². The van der Waals surface area contributed by atoms with Gasteiger partial charge in [-0.3, -0.25) is 20.4 Å². The highest BCUT2D eigenvalue weighted by Crippen LogP contribution is 2.18. The zero-order valence-electron chi connectivity index (χ0n) is 12.2. The third-order valence-electron chi connectivity index (χ3n) is 3.25. The first-order chi connectivity index (χ1) is 10.6. The second-order valence-electron chi connectivity index (χ2n) is 4.90. The topological polar surface area (TPSA) is 87.7 Å². The van der Waals surface area contributed by atoms with E-state index in [1.807, 2.05) is 0 Å². The zero-order valence-corrected chi connectivity index (χ0v) is 12.2. The van der Waals surface area contributed by atoms with Crippen molar-refractivity contribution in [3.05, 3.63) is 53.8 Å². The summed E-state index contributed by atoms with van der Waals surface area (Å²) in [6.07, 6.45) is 5.89. The Morgan fingerprint density at radius 3 is 2.82 bits per heavy atom. The van der Waals surface area contributed by atoms with Crippen molar-refractivity contribution < 1.29 is 19.4 Å². The molecule has 1 aromatic carbocycles. The van der Waals surface area contributed by atoms with Gasteiger partial charge in [-0.15, -0.1) is 0 Å². The fourth-order valence-corrected chi connectivity index (χ4v) is 2.19. The van der Waals surface area contributed by atoms with Crippen molar-refractivity contribution in [2.24, 2.45) is 5.92 Å². The molecular formula is C16H18N2O4. The van der Waals surface area contributed by atoms with E-state index >= 15 is 0 Å².